The fraction of sp³-hybridized carbons (Fsp3) is 0.857. The van der Waals surface area contributed by atoms with Crippen LogP contribution in [0.4, 0.5) is 0 Å². The van der Waals surface area contributed by atoms with E-state index in [2.05, 4.69) is 10.6 Å². The lowest BCUT2D eigenvalue weighted by Crippen LogP contribution is -2.53. The minimum absolute atomic E-state index is 0.108. The van der Waals surface area contributed by atoms with Crippen LogP contribution in [-0.2, 0) is 19.1 Å². The standard InChI is InChI=1S/C21H34N2O4/c1-3-17(4-2)23-18(24)13-27-19(25)5-6-22-20(26)21-10-14-7-15(11-21)9-16(8-14)12-21/h14-17H,3-13H2,1-2H3,(H,22,26)(H,23,24). The van der Waals surface area contributed by atoms with Gasteiger partial charge in [0.25, 0.3) is 5.91 Å². The highest BCUT2D eigenvalue weighted by molar-refractivity contribution is 5.84. The van der Waals surface area contributed by atoms with Gasteiger partial charge in [-0.3, -0.25) is 14.4 Å². The molecule has 0 spiro atoms. The Kier molecular flexibility index (Phi) is 6.43. The molecule has 0 atom stereocenters. The Morgan fingerprint density at radius 2 is 1.56 bits per heavy atom. The van der Waals surface area contributed by atoms with Crippen molar-refractivity contribution in [2.75, 3.05) is 13.2 Å². The molecule has 4 saturated carbocycles. The largest absolute Gasteiger partial charge is 0.456 e. The van der Waals surface area contributed by atoms with Crippen LogP contribution >= 0.6 is 0 Å². The van der Waals surface area contributed by atoms with Gasteiger partial charge in [-0.05, 0) is 69.1 Å². The number of ether oxygens (including phenoxy) is 1. The SMILES string of the molecule is CCC(CC)NC(=O)COC(=O)CCNC(=O)C12CC3CC(CC(C3)C1)C2. The molecule has 4 bridgehead atoms. The van der Waals surface area contributed by atoms with Crippen molar-refractivity contribution < 1.29 is 19.1 Å². The van der Waals surface area contributed by atoms with E-state index in [4.69, 9.17) is 4.74 Å². The summed E-state index contributed by atoms with van der Waals surface area (Å²) in [5.41, 5.74) is -0.187. The smallest absolute Gasteiger partial charge is 0.308 e. The fourth-order valence-electron chi connectivity index (χ4n) is 5.83. The van der Waals surface area contributed by atoms with Crippen LogP contribution in [0.25, 0.3) is 0 Å². The molecule has 4 aliphatic rings. The average molecular weight is 379 g/mol. The predicted molar refractivity (Wildman–Crippen MR) is 102 cm³/mol. The Morgan fingerprint density at radius 1 is 1.00 bits per heavy atom. The lowest BCUT2D eigenvalue weighted by molar-refractivity contribution is -0.149. The quantitative estimate of drug-likeness (QED) is 0.604. The van der Waals surface area contributed by atoms with Crippen molar-refractivity contribution in [3.63, 3.8) is 0 Å². The highest BCUT2D eigenvalue weighted by atomic mass is 16.5. The zero-order valence-electron chi connectivity index (χ0n) is 16.7. The number of carbonyl (C=O) groups excluding carboxylic acids is 3. The first-order chi connectivity index (χ1) is 12.9. The molecule has 27 heavy (non-hydrogen) atoms. The topological polar surface area (TPSA) is 84.5 Å². The van der Waals surface area contributed by atoms with E-state index in [-0.39, 0.29) is 42.8 Å². The lowest BCUT2D eigenvalue weighted by Gasteiger charge is -2.55. The average Bonchev–Trinajstić information content (AvgIpc) is 2.63. The summed E-state index contributed by atoms with van der Waals surface area (Å²) in [5.74, 6) is 1.58. The van der Waals surface area contributed by atoms with E-state index in [1.54, 1.807) is 0 Å². The van der Waals surface area contributed by atoms with Crippen molar-refractivity contribution in [3.05, 3.63) is 0 Å². The van der Waals surface area contributed by atoms with Gasteiger partial charge < -0.3 is 15.4 Å². The van der Waals surface area contributed by atoms with Crippen molar-refractivity contribution in [2.45, 2.75) is 77.7 Å². The van der Waals surface area contributed by atoms with Gasteiger partial charge in [0, 0.05) is 18.0 Å². The zero-order chi connectivity index (χ0) is 19.4. The summed E-state index contributed by atoms with van der Waals surface area (Å²) >= 11 is 0. The molecule has 0 aliphatic heterocycles. The van der Waals surface area contributed by atoms with Crippen LogP contribution in [0.2, 0.25) is 0 Å². The van der Waals surface area contributed by atoms with E-state index in [0.29, 0.717) is 0 Å². The van der Waals surface area contributed by atoms with Gasteiger partial charge in [0.1, 0.15) is 0 Å². The monoisotopic (exact) mass is 378 g/mol. The summed E-state index contributed by atoms with van der Waals surface area (Å²) in [5, 5.41) is 5.80. The van der Waals surface area contributed by atoms with Crippen LogP contribution in [0.5, 0.6) is 0 Å². The predicted octanol–water partition coefficient (Wildman–Crippen LogP) is 2.56. The third-order valence-corrected chi connectivity index (χ3v) is 6.85. The molecular weight excluding hydrogens is 344 g/mol. The summed E-state index contributed by atoms with van der Waals surface area (Å²) in [6, 6.07) is 0.121. The number of rotatable bonds is 9. The number of carbonyl (C=O) groups is 3. The molecule has 0 radical (unpaired) electrons. The van der Waals surface area contributed by atoms with Crippen molar-refractivity contribution >= 4 is 17.8 Å². The lowest BCUT2D eigenvalue weighted by atomic mass is 9.49. The number of nitrogens with one attached hydrogen (secondary N) is 2. The second kappa shape index (κ2) is 8.61. The fourth-order valence-corrected chi connectivity index (χ4v) is 5.83. The van der Waals surface area contributed by atoms with Gasteiger partial charge >= 0.3 is 5.97 Å². The van der Waals surface area contributed by atoms with Crippen LogP contribution in [0.3, 0.4) is 0 Å². The molecule has 0 aromatic heterocycles. The van der Waals surface area contributed by atoms with Gasteiger partial charge in [0.05, 0.1) is 6.42 Å². The first kappa shape index (κ1) is 20.2. The maximum Gasteiger partial charge on any atom is 0.308 e. The van der Waals surface area contributed by atoms with Crippen LogP contribution in [0, 0.1) is 23.2 Å². The van der Waals surface area contributed by atoms with Gasteiger partial charge in [-0.25, -0.2) is 0 Å². The molecule has 4 fully saturated rings. The van der Waals surface area contributed by atoms with Gasteiger partial charge in [0.2, 0.25) is 5.91 Å². The summed E-state index contributed by atoms with van der Waals surface area (Å²) in [6.45, 7) is 4.05. The molecule has 6 heteroatoms. The van der Waals surface area contributed by atoms with Gasteiger partial charge in [-0.15, -0.1) is 0 Å². The van der Waals surface area contributed by atoms with Crippen LogP contribution in [0.1, 0.15) is 71.6 Å². The molecule has 6 nitrogen and oxygen atoms in total. The molecule has 4 aliphatic carbocycles. The van der Waals surface area contributed by atoms with Crippen molar-refractivity contribution in [1.29, 1.82) is 0 Å². The summed E-state index contributed by atoms with van der Waals surface area (Å²) in [6.07, 6.45) is 8.78. The zero-order valence-corrected chi connectivity index (χ0v) is 16.7. The third kappa shape index (κ3) is 4.82. The normalized spacial score (nSPS) is 31.0. The molecule has 2 N–H and O–H groups in total. The molecule has 2 amide bonds. The van der Waals surface area contributed by atoms with E-state index in [0.717, 1.165) is 49.9 Å². The van der Waals surface area contributed by atoms with Gasteiger partial charge in [-0.1, -0.05) is 13.8 Å². The van der Waals surface area contributed by atoms with E-state index >= 15 is 0 Å². The maximum atomic E-state index is 12.8. The molecule has 0 aromatic carbocycles. The van der Waals surface area contributed by atoms with E-state index in [1.165, 1.54) is 19.3 Å². The highest BCUT2D eigenvalue weighted by Gasteiger charge is 2.54. The Morgan fingerprint density at radius 3 is 2.07 bits per heavy atom. The minimum atomic E-state index is -0.444. The van der Waals surface area contributed by atoms with E-state index in [1.807, 2.05) is 13.8 Å². The maximum absolute atomic E-state index is 12.8. The van der Waals surface area contributed by atoms with Crippen molar-refractivity contribution in [3.8, 4) is 0 Å². The molecule has 0 unspecified atom stereocenters. The summed E-state index contributed by atoms with van der Waals surface area (Å²) in [7, 11) is 0. The molecular formula is C21H34N2O4. The highest BCUT2D eigenvalue weighted by Crippen LogP contribution is 2.60. The Labute approximate surface area is 162 Å². The molecule has 0 heterocycles. The second-order valence-electron chi connectivity index (χ2n) is 8.95. The van der Waals surface area contributed by atoms with Crippen molar-refractivity contribution in [1.82, 2.24) is 10.6 Å². The first-order valence-corrected chi connectivity index (χ1v) is 10.7. The van der Waals surface area contributed by atoms with Crippen LogP contribution in [0.15, 0.2) is 0 Å². The van der Waals surface area contributed by atoms with Gasteiger partial charge in [-0.2, -0.15) is 0 Å². The molecule has 0 saturated heterocycles. The third-order valence-electron chi connectivity index (χ3n) is 6.85. The van der Waals surface area contributed by atoms with Crippen LogP contribution < -0.4 is 10.6 Å². The van der Waals surface area contributed by atoms with Gasteiger partial charge in [0.15, 0.2) is 6.61 Å². The Bertz CT molecular complexity index is 535. The second-order valence-corrected chi connectivity index (χ2v) is 8.95. The molecule has 152 valence electrons. The van der Waals surface area contributed by atoms with E-state index in [9.17, 15) is 14.4 Å². The Hall–Kier alpha value is -1.59. The minimum Gasteiger partial charge on any atom is -0.456 e. The molecule has 0 aromatic rings. The summed E-state index contributed by atoms with van der Waals surface area (Å²) < 4.78 is 5.02. The number of amides is 2. The van der Waals surface area contributed by atoms with Crippen molar-refractivity contribution in [2.24, 2.45) is 23.2 Å². The van der Waals surface area contributed by atoms with Crippen LogP contribution in [-0.4, -0.2) is 37.0 Å². The summed E-state index contributed by atoms with van der Waals surface area (Å²) in [4.78, 5) is 36.4. The molecule has 4 rings (SSSR count). The Balaban J connectivity index is 1.35. The number of hydrogen-bond acceptors (Lipinski definition) is 4. The number of hydrogen-bond donors (Lipinski definition) is 2. The first-order valence-electron chi connectivity index (χ1n) is 10.7. The number of esters is 1. The van der Waals surface area contributed by atoms with E-state index < -0.39 is 5.97 Å².